The molecule has 0 aliphatic rings. The van der Waals surface area contributed by atoms with Crippen molar-refractivity contribution in [3.8, 4) is 0 Å². The summed E-state index contributed by atoms with van der Waals surface area (Å²) in [6, 6.07) is 2.22. The molecule has 0 aromatic heterocycles. The largest absolute Gasteiger partial charge is 0.486 e. The van der Waals surface area contributed by atoms with Crippen LogP contribution < -0.4 is 5.73 Å². The molecule has 0 radical (unpaired) electrons. The van der Waals surface area contributed by atoms with E-state index in [-0.39, 0.29) is 23.4 Å². The molecule has 0 saturated carbocycles. The van der Waals surface area contributed by atoms with E-state index in [0.29, 0.717) is 11.3 Å². The Morgan fingerprint density at radius 2 is 1.89 bits per heavy atom. The summed E-state index contributed by atoms with van der Waals surface area (Å²) in [7, 11) is 3.52. The second-order valence-electron chi connectivity index (χ2n) is 8.11. The Morgan fingerprint density at radius 1 is 1.23 bits per heavy atom. The third-order valence-electron chi connectivity index (χ3n) is 5.01. The van der Waals surface area contributed by atoms with Gasteiger partial charge >= 0.3 is 0 Å². The SMILES string of the molecule is C=C(C)N(C)C(C=C(C)C)[C@H](C)OC(=C/N=C(C)c1ccc(F)c(Cl)c1F)/C(C=NC=NC)=C\N. The van der Waals surface area contributed by atoms with Crippen LogP contribution in [0.25, 0.3) is 0 Å². The lowest BCUT2D eigenvalue weighted by Gasteiger charge is -2.33. The highest BCUT2D eigenvalue weighted by Gasteiger charge is 2.23. The van der Waals surface area contributed by atoms with Crippen LogP contribution in [0.3, 0.4) is 0 Å². The van der Waals surface area contributed by atoms with Crippen molar-refractivity contribution in [1.29, 1.82) is 0 Å². The van der Waals surface area contributed by atoms with Crippen molar-refractivity contribution in [1.82, 2.24) is 4.90 Å². The first-order chi connectivity index (χ1) is 16.4. The van der Waals surface area contributed by atoms with Gasteiger partial charge in [0.05, 0.1) is 17.8 Å². The van der Waals surface area contributed by atoms with E-state index in [0.717, 1.165) is 17.3 Å². The number of ether oxygens (including phenoxy) is 1. The number of allylic oxidation sites excluding steroid dienone is 3. The van der Waals surface area contributed by atoms with Crippen LogP contribution in [0.1, 0.15) is 40.2 Å². The van der Waals surface area contributed by atoms with Gasteiger partial charge in [0.25, 0.3) is 0 Å². The Morgan fingerprint density at radius 3 is 2.43 bits per heavy atom. The Hall–Kier alpha value is -3.26. The smallest absolute Gasteiger partial charge is 0.153 e. The highest BCUT2D eigenvalue weighted by atomic mass is 35.5. The zero-order valence-electron chi connectivity index (χ0n) is 21.3. The molecule has 0 saturated heterocycles. The van der Waals surface area contributed by atoms with Gasteiger partial charge in [-0.25, -0.2) is 13.8 Å². The molecule has 1 aromatic carbocycles. The molecule has 9 heteroatoms. The van der Waals surface area contributed by atoms with E-state index in [1.807, 2.05) is 39.6 Å². The average Bonchev–Trinajstić information content (AvgIpc) is 2.80. The number of rotatable bonds is 11. The Labute approximate surface area is 212 Å². The van der Waals surface area contributed by atoms with Crippen LogP contribution in [0.5, 0.6) is 0 Å². The third kappa shape index (κ3) is 8.79. The van der Waals surface area contributed by atoms with Gasteiger partial charge in [0.15, 0.2) is 5.82 Å². The zero-order chi connectivity index (χ0) is 26.7. The van der Waals surface area contributed by atoms with Crippen LogP contribution >= 0.6 is 11.6 Å². The van der Waals surface area contributed by atoms with Crippen LogP contribution in [0.2, 0.25) is 5.02 Å². The van der Waals surface area contributed by atoms with Gasteiger partial charge in [-0.15, -0.1) is 0 Å². The summed E-state index contributed by atoms with van der Waals surface area (Å²) in [5, 5.41) is -0.591. The topological polar surface area (TPSA) is 75.6 Å². The zero-order valence-corrected chi connectivity index (χ0v) is 22.1. The summed E-state index contributed by atoms with van der Waals surface area (Å²) in [6.45, 7) is 13.4. The molecule has 1 rings (SSSR count). The normalized spacial score (nSPS) is 14.9. The Balaban J connectivity index is 3.53. The molecule has 190 valence electrons. The van der Waals surface area contributed by atoms with Crippen LogP contribution in [0.4, 0.5) is 8.78 Å². The molecule has 1 aromatic rings. The van der Waals surface area contributed by atoms with Crippen LogP contribution in [-0.2, 0) is 4.74 Å². The van der Waals surface area contributed by atoms with E-state index in [9.17, 15) is 8.78 Å². The lowest BCUT2D eigenvalue weighted by molar-refractivity contribution is 0.0826. The first-order valence-electron chi connectivity index (χ1n) is 10.9. The molecule has 0 heterocycles. The molecular weight excluding hydrogens is 472 g/mol. The van der Waals surface area contributed by atoms with Gasteiger partial charge in [0, 0.05) is 43.5 Å². The minimum Gasteiger partial charge on any atom is -0.486 e. The molecular formula is C26H34ClF2N5O. The maximum atomic E-state index is 14.5. The summed E-state index contributed by atoms with van der Waals surface area (Å²) in [4.78, 5) is 14.2. The molecule has 1 unspecified atom stereocenters. The number of aliphatic imine (C=N–C) groups is 3. The van der Waals surface area contributed by atoms with E-state index in [1.165, 1.54) is 31.0 Å². The first-order valence-corrected chi connectivity index (χ1v) is 11.3. The first kappa shape index (κ1) is 29.8. The van der Waals surface area contributed by atoms with Crippen LogP contribution in [0.15, 0.2) is 74.8 Å². The minimum absolute atomic E-state index is 0.0644. The number of nitrogens with zero attached hydrogens (tertiary/aromatic N) is 4. The van der Waals surface area contributed by atoms with Crippen molar-refractivity contribution in [2.24, 2.45) is 20.7 Å². The second kappa shape index (κ2) is 14.2. The van der Waals surface area contributed by atoms with Gasteiger partial charge in [-0.2, -0.15) is 0 Å². The molecule has 2 N–H and O–H groups in total. The molecule has 6 nitrogen and oxygen atoms in total. The minimum atomic E-state index is -0.890. The molecule has 0 bridgehead atoms. The molecule has 0 aliphatic carbocycles. The fraction of sp³-hybridized carbons (Fsp3) is 0.346. The number of nitrogens with two attached hydrogens (primary N) is 1. The van der Waals surface area contributed by atoms with Gasteiger partial charge in [-0.3, -0.25) is 9.98 Å². The summed E-state index contributed by atoms with van der Waals surface area (Å²) >= 11 is 5.72. The highest BCUT2D eigenvalue weighted by molar-refractivity contribution is 6.31. The van der Waals surface area contributed by atoms with Crippen molar-refractivity contribution in [3.05, 3.63) is 82.0 Å². The summed E-state index contributed by atoms with van der Waals surface area (Å²) in [5.74, 6) is -1.44. The molecule has 0 fully saturated rings. The van der Waals surface area contributed by atoms with Crippen LogP contribution in [-0.4, -0.2) is 49.4 Å². The highest BCUT2D eigenvalue weighted by Crippen LogP contribution is 2.23. The van der Waals surface area contributed by atoms with Gasteiger partial charge in [-0.1, -0.05) is 29.8 Å². The Kier molecular flexibility index (Phi) is 12.1. The summed E-state index contributed by atoms with van der Waals surface area (Å²) in [5.41, 5.74) is 8.58. The summed E-state index contributed by atoms with van der Waals surface area (Å²) < 4.78 is 34.3. The van der Waals surface area contributed by atoms with Gasteiger partial charge in [-0.05, 0) is 46.8 Å². The van der Waals surface area contributed by atoms with Crippen molar-refractivity contribution in [2.75, 3.05) is 14.1 Å². The Bertz CT molecular complexity index is 1090. The van der Waals surface area contributed by atoms with E-state index in [1.54, 1.807) is 14.0 Å². The average molecular weight is 506 g/mol. The monoisotopic (exact) mass is 505 g/mol. The number of benzene rings is 1. The maximum Gasteiger partial charge on any atom is 0.153 e. The number of likely N-dealkylation sites (N-methyl/N-ethyl adjacent to an activating group) is 1. The predicted molar refractivity (Wildman–Crippen MR) is 143 cm³/mol. The molecule has 0 aliphatic heterocycles. The number of hydrogen-bond donors (Lipinski definition) is 1. The van der Waals surface area contributed by atoms with E-state index in [2.05, 4.69) is 27.6 Å². The van der Waals surface area contributed by atoms with Gasteiger partial charge in [0.1, 0.15) is 29.0 Å². The molecule has 0 amide bonds. The van der Waals surface area contributed by atoms with E-state index in [4.69, 9.17) is 22.1 Å². The van der Waals surface area contributed by atoms with Crippen molar-refractivity contribution >= 4 is 29.9 Å². The quantitative estimate of drug-likeness (QED) is 0.0993. The number of halogens is 3. The standard InChI is InChI=1S/C26H34ClF2N5O/c1-16(2)11-23(34(8)17(3)4)19(6)35-24(20(12-30)13-32-15-31-7)14-33-18(5)21-9-10-22(28)25(27)26(21)29/h9-15,19,23H,3,30H2,1-2,4-8H3/b20-12-,24-14+,31-15?,32-13?,33-18?/t19-,23?/m0/s1. The lowest BCUT2D eigenvalue weighted by Crippen LogP contribution is -2.39. The lowest BCUT2D eigenvalue weighted by atomic mass is 10.1. The molecule has 0 spiro atoms. The fourth-order valence-electron chi connectivity index (χ4n) is 3.00. The predicted octanol–water partition coefficient (Wildman–Crippen LogP) is 6.05. The number of hydrogen-bond acceptors (Lipinski definition) is 5. The molecule has 2 atom stereocenters. The van der Waals surface area contributed by atoms with E-state index >= 15 is 0 Å². The van der Waals surface area contributed by atoms with Crippen molar-refractivity contribution in [3.63, 3.8) is 0 Å². The van der Waals surface area contributed by atoms with E-state index < -0.39 is 16.7 Å². The van der Waals surface area contributed by atoms with Crippen molar-refractivity contribution < 1.29 is 13.5 Å². The third-order valence-corrected chi connectivity index (χ3v) is 5.35. The summed E-state index contributed by atoms with van der Waals surface area (Å²) in [6.07, 6.45) is 7.28. The van der Waals surface area contributed by atoms with Gasteiger partial charge < -0.3 is 15.4 Å². The maximum absolute atomic E-state index is 14.5. The second-order valence-corrected chi connectivity index (χ2v) is 8.49. The fourth-order valence-corrected chi connectivity index (χ4v) is 3.17. The molecule has 35 heavy (non-hydrogen) atoms. The van der Waals surface area contributed by atoms with Crippen molar-refractivity contribution in [2.45, 2.75) is 46.8 Å². The van der Waals surface area contributed by atoms with Gasteiger partial charge in [0.2, 0.25) is 0 Å². The van der Waals surface area contributed by atoms with Crippen LogP contribution in [0, 0.1) is 11.6 Å².